The fraction of sp³-hybridized carbons (Fsp3) is 0.346. The highest BCUT2D eigenvalue weighted by molar-refractivity contribution is 5.94. The molecule has 0 aliphatic rings. The number of anilines is 4. The van der Waals surface area contributed by atoms with Crippen molar-refractivity contribution in [3.8, 4) is 5.75 Å². The van der Waals surface area contributed by atoms with Gasteiger partial charge in [0.05, 0.1) is 33.5 Å². The molecule has 0 radical (unpaired) electrons. The summed E-state index contributed by atoms with van der Waals surface area (Å²) in [5.74, 6) is 0.0303. The fourth-order valence-electron chi connectivity index (χ4n) is 3.15. The van der Waals surface area contributed by atoms with Crippen molar-refractivity contribution in [1.82, 2.24) is 20.3 Å². The number of aliphatic carboxylic acids is 1. The molecule has 0 saturated heterocycles. The van der Waals surface area contributed by atoms with E-state index in [1.54, 1.807) is 25.3 Å². The Bertz CT molecular complexity index is 1200. The topological polar surface area (TPSA) is 169 Å². The average Bonchev–Trinajstić information content (AvgIpc) is 2.94. The van der Waals surface area contributed by atoms with E-state index in [1.807, 2.05) is 36.4 Å². The molecule has 0 fully saturated rings. The van der Waals surface area contributed by atoms with Gasteiger partial charge in [-0.1, -0.05) is 24.3 Å². The SMILES string of the molecule is COc1cccc(Nc2nc(NCCOCCOCCNC(=O)c3ccccc3)nc(N[C@@H](C)C(=O)O)n2)c1. The molecule has 1 heterocycles. The lowest BCUT2D eigenvalue weighted by atomic mass is 10.2. The van der Waals surface area contributed by atoms with Gasteiger partial charge in [0.1, 0.15) is 11.8 Å². The summed E-state index contributed by atoms with van der Waals surface area (Å²) in [5, 5.41) is 20.9. The molecule has 13 heteroatoms. The van der Waals surface area contributed by atoms with Gasteiger partial charge in [0.25, 0.3) is 5.91 Å². The van der Waals surface area contributed by atoms with Crippen molar-refractivity contribution in [2.45, 2.75) is 13.0 Å². The molecule has 2 aromatic carbocycles. The first kappa shape index (κ1) is 29.1. The van der Waals surface area contributed by atoms with E-state index in [9.17, 15) is 14.7 Å². The number of hydrogen-bond acceptors (Lipinski definition) is 11. The Morgan fingerprint density at radius 1 is 0.872 bits per heavy atom. The smallest absolute Gasteiger partial charge is 0.325 e. The number of carbonyl (C=O) groups is 2. The molecule has 0 bridgehead atoms. The Balaban J connectivity index is 1.40. The molecule has 0 aliphatic heterocycles. The Morgan fingerprint density at radius 2 is 1.56 bits per heavy atom. The van der Waals surface area contributed by atoms with Gasteiger partial charge in [-0.15, -0.1) is 0 Å². The molecule has 1 atom stereocenters. The number of benzene rings is 2. The van der Waals surface area contributed by atoms with Crippen molar-refractivity contribution in [3.05, 3.63) is 60.2 Å². The van der Waals surface area contributed by atoms with Crippen LogP contribution in [0, 0.1) is 0 Å². The van der Waals surface area contributed by atoms with E-state index in [0.29, 0.717) is 56.5 Å². The molecule has 39 heavy (non-hydrogen) atoms. The third kappa shape index (κ3) is 10.4. The van der Waals surface area contributed by atoms with E-state index in [-0.39, 0.29) is 23.8 Å². The standard InChI is InChI=1S/C26H33N7O6/c1-18(23(35)36)29-25-31-24(32-26(33-25)30-20-9-6-10-21(17-20)37-2)28-12-14-39-16-15-38-13-11-27-22(34)19-7-4-3-5-8-19/h3-10,17-18H,11-16H2,1-2H3,(H,27,34)(H,35,36)(H3,28,29,30,31,32,33)/t18-/m0/s1. The third-order valence-electron chi connectivity index (χ3n) is 5.15. The zero-order valence-corrected chi connectivity index (χ0v) is 21.8. The molecule has 1 aromatic heterocycles. The molecule has 0 unspecified atom stereocenters. The number of ether oxygens (including phenoxy) is 3. The first-order valence-corrected chi connectivity index (χ1v) is 12.3. The van der Waals surface area contributed by atoms with Crippen LogP contribution in [0.2, 0.25) is 0 Å². The molecule has 13 nitrogen and oxygen atoms in total. The number of nitrogens with zero attached hydrogens (tertiary/aromatic N) is 3. The van der Waals surface area contributed by atoms with Gasteiger partial charge in [-0.05, 0) is 31.2 Å². The number of carboxylic acids is 1. The second-order valence-corrected chi connectivity index (χ2v) is 8.14. The van der Waals surface area contributed by atoms with Crippen LogP contribution in [-0.2, 0) is 14.3 Å². The summed E-state index contributed by atoms with van der Waals surface area (Å²) >= 11 is 0. The number of hydrogen-bond donors (Lipinski definition) is 5. The first-order valence-electron chi connectivity index (χ1n) is 12.3. The van der Waals surface area contributed by atoms with Crippen LogP contribution in [0.1, 0.15) is 17.3 Å². The second kappa shape index (κ2) is 15.7. The molecule has 0 spiro atoms. The zero-order valence-electron chi connectivity index (χ0n) is 21.8. The van der Waals surface area contributed by atoms with Gasteiger partial charge < -0.3 is 40.6 Å². The highest BCUT2D eigenvalue weighted by Gasteiger charge is 2.14. The van der Waals surface area contributed by atoms with Crippen LogP contribution >= 0.6 is 0 Å². The highest BCUT2D eigenvalue weighted by atomic mass is 16.5. The minimum Gasteiger partial charge on any atom is -0.497 e. The molecule has 1 amide bonds. The van der Waals surface area contributed by atoms with E-state index in [0.717, 1.165) is 0 Å². The molecule has 0 saturated carbocycles. The lowest BCUT2D eigenvalue weighted by Gasteiger charge is -2.13. The Labute approximate surface area is 226 Å². The van der Waals surface area contributed by atoms with Gasteiger partial charge in [-0.25, -0.2) is 0 Å². The van der Waals surface area contributed by atoms with Gasteiger partial charge in [0.2, 0.25) is 17.8 Å². The minimum atomic E-state index is -1.04. The van der Waals surface area contributed by atoms with Crippen molar-refractivity contribution in [2.75, 3.05) is 62.6 Å². The Kier molecular flexibility index (Phi) is 11.7. The normalized spacial score (nSPS) is 11.3. The fourth-order valence-corrected chi connectivity index (χ4v) is 3.15. The van der Waals surface area contributed by atoms with E-state index >= 15 is 0 Å². The molecule has 208 valence electrons. The Hall–Kier alpha value is -4.49. The molecular formula is C26H33N7O6. The van der Waals surface area contributed by atoms with Crippen LogP contribution in [0.5, 0.6) is 5.75 Å². The van der Waals surface area contributed by atoms with Crippen molar-refractivity contribution < 1.29 is 28.9 Å². The number of methoxy groups -OCH3 is 1. The van der Waals surface area contributed by atoms with Crippen molar-refractivity contribution in [2.24, 2.45) is 0 Å². The van der Waals surface area contributed by atoms with Crippen LogP contribution in [0.3, 0.4) is 0 Å². The summed E-state index contributed by atoms with van der Waals surface area (Å²) in [7, 11) is 1.57. The van der Waals surface area contributed by atoms with Gasteiger partial charge >= 0.3 is 5.97 Å². The van der Waals surface area contributed by atoms with Crippen molar-refractivity contribution in [3.63, 3.8) is 0 Å². The number of amides is 1. The maximum absolute atomic E-state index is 12.0. The van der Waals surface area contributed by atoms with Crippen LogP contribution in [-0.4, -0.2) is 84.6 Å². The monoisotopic (exact) mass is 539 g/mol. The zero-order chi connectivity index (χ0) is 27.9. The van der Waals surface area contributed by atoms with E-state index in [4.69, 9.17) is 14.2 Å². The number of carbonyl (C=O) groups excluding carboxylic acids is 1. The number of carboxylic acid groups (broad SMARTS) is 1. The predicted molar refractivity (Wildman–Crippen MR) is 146 cm³/mol. The van der Waals surface area contributed by atoms with Crippen molar-refractivity contribution >= 4 is 35.4 Å². The third-order valence-corrected chi connectivity index (χ3v) is 5.15. The summed E-state index contributed by atoms with van der Waals surface area (Å²) in [4.78, 5) is 36.1. The molecule has 3 aromatic rings. The molecular weight excluding hydrogens is 506 g/mol. The second-order valence-electron chi connectivity index (χ2n) is 8.14. The van der Waals surface area contributed by atoms with Crippen LogP contribution in [0.4, 0.5) is 23.5 Å². The Morgan fingerprint density at radius 3 is 2.28 bits per heavy atom. The summed E-state index contributed by atoms with van der Waals surface area (Å²) in [6.07, 6.45) is 0. The average molecular weight is 540 g/mol. The maximum Gasteiger partial charge on any atom is 0.325 e. The summed E-state index contributed by atoms with van der Waals surface area (Å²) in [6.45, 7) is 3.76. The number of aromatic nitrogens is 3. The molecule has 0 aliphatic carbocycles. The quantitative estimate of drug-likeness (QED) is 0.159. The van der Waals surface area contributed by atoms with E-state index in [2.05, 4.69) is 36.2 Å². The molecule has 5 N–H and O–H groups in total. The number of rotatable bonds is 17. The lowest BCUT2D eigenvalue weighted by molar-refractivity contribution is -0.137. The van der Waals surface area contributed by atoms with E-state index in [1.165, 1.54) is 6.92 Å². The van der Waals surface area contributed by atoms with Gasteiger partial charge in [-0.3, -0.25) is 9.59 Å². The summed E-state index contributed by atoms with van der Waals surface area (Å²) in [5.41, 5.74) is 1.29. The van der Waals surface area contributed by atoms with Crippen LogP contribution < -0.4 is 26.0 Å². The summed E-state index contributed by atoms with van der Waals surface area (Å²) in [6, 6.07) is 15.3. The molecule has 3 rings (SSSR count). The van der Waals surface area contributed by atoms with Gasteiger partial charge in [-0.2, -0.15) is 15.0 Å². The summed E-state index contributed by atoms with van der Waals surface area (Å²) < 4.78 is 16.3. The van der Waals surface area contributed by atoms with Gasteiger partial charge in [0.15, 0.2) is 0 Å². The van der Waals surface area contributed by atoms with Crippen molar-refractivity contribution in [1.29, 1.82) is 0 Å². The van der Waals surface area contributed by atoms with Crippen LogP contribution in [0.15, 0.2) is 54.6 Å². The van der Waals surface area contributed by atoms with Gasteiger partial charge in [0, 0.05) is 30.4 Å². The van der Waals surface area contributed by atoms with Crippen LogP contribution in [0.25, 0.3) is 0 Å². The predicted octanol–water partition coefficient (Wildman–Crippen LogP) is 2.38. The largest absolute Gasteiger partial charge is 0.497 e. The highest BCUT2D eigenvalue weighted by Crippen LogP contribution is 2.20. The first-order chi connectivity index (χ1) is 18.9. The van der Waals surface area contributed by atoms with E-state index < -0.39 is 12.0 Å². The number of nitrogens with one attached hydrogen (secondary N) is 4. The minimum absolute atomic E-state index is 0.0986. The lowest BCUT2D eigenvalue weighted by Crippen LogP contribution is -2.27. The maximum atomic E-state index is 12.0.